The zero-order valence-corrected chi connectivity index (χ0v) is 13.6. The number of amides is 1. The maximum Gasteiger partial charge on any atom is 0.344 e. The zero-order chi connectivity index (χ0) is 17.7. The Morgan fingerprint density at radius 3 is 2.62 bits per heavy atom. The molecule has 0 fully saturated rings. The van der Waals surface area contributed by atoms with Gasteiger partial charge in [0.1, 0.15) is 11.3 Å². The van der Waals surface area contributed by atoms with Gasteiger partial charge in [0.2, 0.25) is 0 Å². The van der Waals surface area contributed by atoms with Gasteiger partial charge in [-0.1, -0.05) is 12.1 Å². The van der Waals surface area contributed by atoms with Gasteiger partial charge in [-0.15, -0.1) is 0 Å². The first-order chi connectivity index (χ1) is 11.5. The molecule has 24 heavy (non-hydrogen) atoms. The van der Waals surface area contributed by atoms with Crippen molar-refractivity contribution in [1.29, 1.82) is 5.26 Å². The quantitative estimate of drug-likeness (QED) is 0.846. The van der Waals surface area contributed by atoms with E-state index in [0.29, 0.717) is 29.1 Å². The smallest absolute Gasteiger partial charge is 0.344 e. The fourth-order valence-electron chi connectivity index (χ4n) is 2.07. The fourth-order valence-corrected chi connectivity index (χ4v) is 2.07. The Kier molecular flexibility index (Phi) is 5.32. The number of benzene rings is 1. The molecule has 0 spiro atoms. The lowest BCUT2D eigenvalue weighted by atomic mass is 10.1. The van der Waals surface area contributed by atoms with E-state index in [1.54, 1.807) is 31.2 Å². The molecule has 7 heteroatoms. The van der Waals surface area contributed by atoms with Crippen LogP contribution in [0.15, 0.2) is 28.8 Å². The van der Waals surface area contributed by atoms with Crippen molar-refractivity contribution in [2.24, 2.45) is 0 Å². The minimum absolute atomic E-state index is 0.260. The van der Waals surface area contributed by atoms with Gasteiger partial charge in [-0.2, -0.15) is 5.26 Å². The summed E-state index contributed by atoms with van der Waals surface area (Å²) in [6.07, 6.45) is -0.472. The molecule has 0 aliphatic rings. The molecule has 2 aromatic rings. The fraction of sp³-hybridized carbons (Fsp3) is 0.294. The molecule has 1 aromatic carbocycles. The highest BCUT2D eigenvalue weighted by Gasteiger charge is 2.25. The molecule has 0 aliphatic heterocycles. The average Bonchev–Trinajstić information content (AvgIpc) is 2.96. The molecule has 1 amide bonds. The highest BCUT2D eigenvalue weighted by molar-refractivity contribution is 5.98. The van der Waals surface area contributed by atoms with E-state index >= 15 is 0 Å². The van der Waals surface area contributed by atoms with Crippen LogP contribution in [0, 0.1) is 18.3 Å². The van der Waals surface area contributed by atoms with Crippen LogP contribution in [-0.2, 0) is 16.0 Å². The lowest BCUT2D eigenvalue weighted by Gasteiger charge is -2.13. The first kappa shape index (κ1) is 17.2. The molecule has 0 saturated carbocycles. The molecule has 0 radical (unpaired) electrons. The Morgan fingerprint density at radius 2 is 2.04 bits per heavy atom. The van der Waals surface area contributed by atoms with E-state index in [-0.39, 0.29) is 5.56 Å². The van der Waals surface area contributed by atoms with Gasteiger partial charge in [0, 0.05) is 5.69 Å². The van der Waals surface area contributed by atoms with Gasteiger partial charge < -0.3 is 14.6 Å². The molecular weight excluding hydrogens is 310 g/mol. The summed E-state index contributed by atoms with van der Waals surface area (Å²) in [5.41, 5.74) is 1.76. The number of esters is 1. The molecule has 1 heterocycles. The molecule has 7 nitrogen and oxygen atoms in total. The van der Waals surface area contributed by atoms with E-state index in [1.165, 1.54) is 6.92 Å². The van der Waals surface area contributed by atoms with E-state index < -0.39 is 18.0 Å². The largest absolute Gasteiger partial charge is 0.449 e. The molecule has 0 bridgehead atoms. The topological polar surface area (TPSA) is 105 Å². The Morgan fingerprint density at radius 1 is 1.38 bits per heavy atom. The maximum atomic E-state index is 12.2. The second kappa shape index (κ2) is 7.42. The number of ether oxygens (including phenoxy) is 1. The van der Waals surface area contributed by atoms with Gasteiger partial charge in [0.05, 0.1) is 17.3 Å². The third kappa shape index (κ3) is 3.79. The Bertz CT molecular complexity index is 787. The summed E-state index contributed by atoms with van der Waals surface area (Å²) in [5, 5.41) is 15.2. The summed E-state index contributed by atoms with van der Waals surface area (Å²) < 4.78 is 10.2. The van der Waals surface area contributed by atoms with Crippen molar-refractivity contribution in [2.75, 3.05) is 5.32 Å². The summed E-state index contributed by atoms with van der Waals surface area (Å²) in [7, 11) is 0. The van der Waals surface area contributed by atoms with E-state index in [4.69, 9.17) is 14.5 Å². The Balaban J connectivity index is 2.01. The maximum absolute atomic E-state index is 12.2. The second-order valence-corrected chi connectivity index (χ2v) is 5.14. The molecule has 0 aliphatic carbocycles. The predicted octanol–water partition coefficient (Wildman–Crippen LogP) is 2.60. The number of hydrogen-bond acceptors (Lipinski definition) is 6. The summed E-state index contributed by atoms with van der Waals surface area (Å²) in [6, 6.07) is 8.36. The van der Waals surface area contributed by atoms with E-state index in [0.717, 1.165) is 0 Å². The molecule has 1 N–H and O–H groups in total. The lowest BCUT2D eigenvalue weighted by molar-refractivity contribution is -0.123. The normalized spacial score (nSPS) is 11.4. The van der Waals surface area contributed by atoms with Gasteiger partial charge in [-0.25, -0.2) is 4.79 Å². The number of rotatable bonds is 5. The van der Waals surface area contributed by atoms with Gasteiger partial charge in [0.25, 0.3) is 5.91 Å². The molecule has 0 saturated heterocycles. The first-order valence-corrected chi connectivity index (χ1v) is 7.43. The standard InChI is InChI=1S/C17H17N3O4/c1-4-14-15(10(2)24-20-14)17(22)23-11(3)16(21)19-13-7-5-12(9-18)6-8-13/h5-8,11H,4H2,1-3H3,(H,19,21)/t11-/m0/s1. The first-order valence-electron chi connectivity index (χ1n) is 7.43. The monoisotopic (exact) mass is 327 g/mol. The molecule has 1 aromatic heterocycles. The third-order valence-electron chi connectivity index (χ3n) is 3.41. The summed E-state index contributed by atoms with van der Waals surface area (Å²) >= 11 is 0. The lowest BCUT2D eigenvalue weighted by Crippen LogP contribution is -2.30. The van der Waals surface area contributed by atoms with Crippen molar-refractivity contribution < 1.29 is 18.8 Å². The van der Waals surface area contributed by atoms with Crippen molar-refractivity contribution in [3.63, 3.8) is 0 Å². The number of carbonyl (C=O) groups is 2. The number of nitrogens with zero attached hydrogens (tertiary/aromatic N) is 2. The van der Waals surface area contributed by atoms with Crippen LogP contribution in [0.5, 0.6) is 0 Å². The van der Waals surface area contributed by atoms with Gasteiger partial charge >= 0.3 is 5.97 Å². The van der Waals surface area contributed by atoms with Crippen LogP contribution in [0.25, 0.3) is 0 Å². The number of nitrogens with one attached hydrogen (secondary N) is 1. The van der Waals surface area contributed by atoms with Gasteiger partial charge in [-0.05, 0) is 44.5 Å². The van der Waals surface area contributed by atoms with Crippen LogP contribution < -0.4 is 5.32 Å². The molecule has 0 unspecified atom stereocenters. The molecule has 124 valence electrons. The number of nitriles is 1. The minimum atomic E-state index is -0.993. The third-order valence-corrected chi connectivity index (χ3v) is 3.41. The van der Waals surface area contributed by atoms with Crippen LogP contribution in [0.1, 0.15) is 41.2 Å². The predicted molar refractivity (Wildman–Crippen MR) is 85.3 cm³/mol. The van der Waals surface area contributed by atoms with Crippen LogP contribution in [0.3, 0.4) is 0 Å². The van der Waals surface area contributed by atoms with E-state index in [9.17, 15) is 9.59 Å². The average molecular weight is 327 g/mol. The van der Waals surface area contributed by atoms with Gasteiger partial charge in [0.15, 0.2) is 6.10 Å². The Hall–Kier alpha value is -3.14. The van der Waals surface area contributed by atoms with Crippen LogP contribution >= 0.6 is 0 Å². The number of hydrogen-bond donors (Lipinski definition) is 1. The number of aromatic nitrogens is 1. The Labute approximate surface area is 139 Å². The van der Waals surface area contributed by atoms with Gasteiger partial charge in [-0.3, -0.25) is 4.79 Å². The van der Waals surface area contributed by atoms with Crippen molar-refractivity contribution >= 4 is 17.6 Å². The summed E-state index contributed by atoms with van der Waals surface area (Å²) in [5.74, 6) is -0.759. The van der Waals surface area contributed by atoms with Crippen LogP contribution in [0.4, 0.5) is 5.69 Å². The van der Waals surface area contributed by atoms with Crippen molar-refractivity contribution in [2.45, 2.75) is 33.3 Å². The highest BCUT2D eigenvalue weighted by Crippen LogP contribution is 2.17. The van der Waals surface area contributed by atoms with Crippen molar-refractivity contribution in [1.82, 2.24) is 5.16 Å². The second-order valence-electron chi connectivity index (χ2n) is 5.14. The minimum Gasteiger partial charge on any atom is -0.449 e. The van der Waals surface area contributed by atoms with Crippen LogP contribution in [0.2, 0.25) is 0 Å². The molecular formula is C17H17N3O4. The number of anilines is 1. The molecule has 2 rings (SSSR count). The van der Waals surface area contributed by atoms with Crippen LogP contribution in [-0.4, -0.2) is 23.1 Å². The summed E-state index contributed by atoms with van der Waals surface area (Å²) in [6.45, 7) is 4.94. The van der Waals surface area contributed by atoms with Crippen molar-refractivity contribution in [3.05, 3.63) is 46.8 Å². The van der Waals surface area contributed by atoms with E-state index in [2.05, 4.69) is 10.5 Å². The zero-order valence-electron chi connectivity index (χ0n) is 13.6. The molecule has 1 atom stereocenters. The number of carbonyl (C=O) groups excluding carboxylic acids is 2. The summed E-state index contributed by atoms with van der Waals surface area (Å²) in [4.78, 5) is 24.3. The SMILES string of the molecule is CCc1noc(C)c1C(=O)O[C@@H](C)C(=O)Nc1ccc(C#N)cc1. The van der Waals surface area contributed by atoms with E-state index in [1.807, 2.05) is 13.0 Å². The highest BCUT2D eigenvalue weighted by atomic mass is 16.5. The number of aryl methyl sites for hydroxylation is 2. The van der Waals surface area contributed by atoms with Crippen molar-refractivity contribution in [3.8, 4) is 6.07 Å².